The first-order valence-corrected chi connectivity index (χ1v) is 7.00. The van der Waals surface area contributed by atoms with Crippen LogP contribution >= 0.6 is 0 Å². The summed E-state index contributed by atoms with van der Waals surface area (Å²) in [6.45, 7) is 9.06. The largest absolute Gasteiger partial charge is 0.444 e. The molecule has 5 heteroatoms. The van der Waals surface area contributed by atoms with Crippen LogP contribution in [0.5, 0.6) is 0 Å². The third-order valence-corrected chi connectivity index (χ3v) is 3.11. The van der Waals surface area contributed by atoms with Crippen molar-refractivity contribution in [3.8, 4) is 0 Å². The summed E-state index contributed by atoms with van der Waals surface area (Å²) in [6, 6.07) is 4.21. The second kappa shape index (κ2) is 5.69. The van der Waals surface area contributed by atoms with Gasteiger partial charge in [-0.2, -0.15) is 0 Å². The van der Waals surface area contributed by atoms with Gasteiger partial charge in [-0.3, -0.25) is 0 Å². The van der Waals surface area contributed by atoms with Crippen molar-refractivity contribution in [2.24, 2.45) is 0 Å². The van der Waals surface area contributed by atoms with Crippen LogP contribution in [0, 0.1) is 6.92 Å². The number of hydrogen-bond acceptors (Lipinski definition) is 4. The number of carbonyl (C=O) groups excluding carboxylic acids is 1. The zero-order chi connectivity index (χ0) is 14.8. The minimum Gasteiger partial charge on any atom is -0.444 e. The number of pyridine rings is 1. The monoisotopic (exact) mass is 277 g/mol. The number of amides is 1. The van der Waals surface area contributed by atoms with E-state index in [1.165, 1.54) is 5.56 Å². The Labute approximate surface area is 120 Å². The average molecular weight is 277 g/mol. The van der Waals surface area contributed by atoms with Crippen molar-refractivity contribution in [1.82, 2.24) is 9.88 Å². The number of carbonyl (C=O) groups is 1. The first-order valence-electron chi connectivity index (χ1n) is 7.00. The van der Waals surface area contributed by atoms with Gasteiger partial charge < -0.3 is 15.0 Å². The van der Waals surface area contributed by atoms with Gasteiger partial charge in [-0.1, -0.05) is 0 Å². The molecule has 1 saturated heterocycles. The number of aromatic nitrogens is 1. The highest BCUT2D eigenvalue weighted by Crippen LogP contribution is 2.18. The first kappa shape index (κ1) is 14.6. The number of aryl methyl sites for hydroxylation is 1. The predicted octanol–water partition coefficient (Wildman–Crippen LogP) is 2.81. The van der Waals surface area contributed by atoms with E-state index in [9.17, 15) is 4.79 Å². The van der Waals surface area contributed by atoms with Gasteiger partial charge in [0.1, 0.15) is 11.4 Å². The van der Waals surface area contributed by atoms with Crippen LogP contribution in [0.1, 0.15) is 32.8 Å². The smallest absolute Gasteiger partial charge is 0.410 e. The maximum absolute atomic E-state index is 12.0. The van der Waals surface area contributed by atoms with E-state index in [-0.39, 0.29) is 12.1 Å². The number of ether oxygens (including phenoxy) is 1. The van der Waals surface area contributed by atoms with Crippen molar-refractivity contribution < 1.29 is 9.53 Å². The Hall–Kier alpha value is -1.78. The maximum atomic E-state index is 12.0. The molecule has 110 valence electrons. The van der Waals surface area contributed by atoms with Gasteiger partial charge in [0.05, 0.1) is 0 Å². The zero-order valence-corrected chi connectivity index (χ0v) is 12.6. The second-order valence-electron chi connectivity index (χ2n) is 6.27. The molecule has 1 N–H and O–H groups in total. The first-order chi connectivity index (χ1) is 9.33. The molecule has 0 bridgehead atoms. The van der Waals surface area contributed by atoms with Crippen molar-refractivity contribution in [3.63, 3.8) is 0 Å². The van der Waals surface area contributed by atoms with Crippen LogP contribution in [-0.2, 0) is 4.74 Å². The van der Waals surface area contributed by atoms with Gasteiger partial charge in [0.25, 0.3) is 0 Å². The fraction of sp³-hybridized carbons (Fsp3) is 0.600. The predicted molar refractivity (Wildman–Crippen MR) is 78.8 cm³/mol. The molecule has 1 atom stereocenters. The number of anilines is 1. The molecule has 20 heavy (non-hydrogen) atoms. The van der Waals surface area contributed by atoms with Crippen LogP contribution in [0.3, 0.4) is 0 Å². The fourth-order valence-electron chi connectivity index (χ4n) is 2.19. The highest BCUT2D eigenvalue weighted by atomic mass is 16.6. The zero-order valence-electron chi connectivity index (χ0n) is 12.6. The third kappa shape index (κ3) is 4.11. The summed E-state index contributed by atoms with van der Waals surface area (Å²) >= 11 is 0. The van der Waals surface area contributed by atoms with Crippen molar-refractivity contribution in [3.05, 3.63) is 23.9 Å². The van der Waals surface area contributed by atoms with Gasteiger partial charge >= 0.3 is 6.09 Å². The van der Waals surface area contributed by atoms with E-state index in [0.29, 0.717) is 6.54 Å². The molecular formula is C15H23N3O2. The summed E-state index contributed by atoms with van der Waals surface area (Å²) < 4.78 is 5.38. The molecule has 1 aliphatic heterocycles. The van der Waals surface area contributed by atoms with Gasteiger partial charge in [0.15, 0.2) is 0 Å². The van der Waals surface area contributed by atoms with Gasteiger partial charge in [-0.05, 0) is 51.8 Å². The lowest BCUT2D eigenvalue weighted by molar-refractivity contribution is 0.0293. The van der Waals surface area contributed by atoms with Crippen LogP contribution < -0.4 is 5.32 Å². The lowest BCUT2D eigenvalue weighted by Gasteiger charge is -2.24. The maximum Gasteiger partial charge on any atom is 0.410 e. The molecule has 1 aromatic heterocycles. The molecule has 0 spiro atoms. The quantitative estimate of drug-likeness (QED) is 0.903. The van der Waals surface area contributed by atoms with E-state index < -0.39 is 5.60 Å². The van der Waals surface area contributed by atoms with Gasteiger partial charge in [-0.25, -0.2) is 9.78 Å². The van der Waals surface area contributed by atoms with Crippen LogP contribution in [0.4, 0.5) is 10.6 Å². The summed E-state index contributed by atoms with van der Waals surface area (Å²) in [7, 11) is 0. The molecule has 2 heterocycles. The third-order valence-electron chi connectivity index (χ3n) is 3.11. The van der Waals surface area contributed by atoms with Gasteiger partial charge in [0.2, 0.25) is 0 Å². The molecule has 1 aromatic rings. The van der Waals surface area contributed by atoms with E-state index in [1.54, 1.807) is 11.1 Å². The van der Waals surface area contributed by atoms with Crippen LogP contribution in [-0.4, -0.2) is 40.7 Å². The Kier molecular flexibility index (Phi) is 4.16. The SMILES string of the molecule is Cc1ccnc(NC2CCN(C(=O)OC(C)(C)C)C2)c1. The summed E-state index contributed by atoms with van der Waals surface area (Å²) in [4.78, 5) is 18.0. The van der Waals surface area contributed by atoms with Crippen molar-refractivity contribution in [2.75, 3.05) is 18.4 Å². The average Bonchev–Trinajstić information content (AvgIpc) is 2.75. The molecule has 1 unspecified atom stereocenters. The summed E-state index contributed by atoms with van der Waals surface area (Å²) in [6.07, 6.45) is 2.46. The molecule has 2 rings (SSSR count). The van der Waals surface area contributed by atoms with E-state index in [2.05, 4.69) is 10.3 Å². The molecule has 0 radical (unpaired) electrons. The van der Waals surface area contributed by atoms with Crippen molar-refractivity contribution in [1.29, 1.82) is 0 Å². The summed E-state index contributed by atoms with van der Waals surface area (Å²) in [5, 5.41) is 3.37. The summed E-state index contributed by atoms with van der Waals surface area (Å²) in [5.41, 5.74) is 0.727. The minimum absolute atomic E-state index is 0.233. The topological polar surface area (TPSA) is 54.5 Å². The van der Waals surface area contributed by atoms with E-state index in [1.807, 2.05) is 39.8 Å². The number of nitrogens with zero attached hydrogens (tertiary/aromatic N) is 2. The highest BCUT2D eigenvalue weighted by Gasteiger charge is 2.29. The second-order valence-corrected chi connectivity index (χ2v) is 6.27. The van der Waals surface area contributed by atoms with Gasteiger partial charge in [0, 0.05) is 25.3 Å². The Balaban J connectivity index is 1.88. The van der Waals surface area contributed by atoms with Crippen molar-refractivity contribution >= 4 is 11.9 Å². The molecule has 0 aliphatic carbocycles. The molecule has 0 saturated carbocycles. The summed E-state index contributed by atoms with van der Waals surface area (Å²) in [5.74, 6) is 0.862. The number of hydrogen-bond donors (Lipinski definition) is 1. The number of nitrogens with one attached hydrogen (secondary N) is 1. The van der Waals surface area contributed by atoms with Crippen LogP contribution in [0.2, 0.25) is 0 Å². The Morgan fingerprint density at radius 3 is 2.90 bits per heavy atom. The van der Waals surface area contributed by atoms with Crippen LogP contribution in [0.15, 0.2) is 18.3 Å². The normalized spacial score (nSPS) is 19.0. The lowest BCUT2D eigenvalue weighted by Crippen LogP contribution is -2.36. The molecule has 1 amide bonds. The number of rotatable bonds is 2. The molecule has 5 nitrogen and oxygen atoms in total. The minimum atomic E-state index is -0.444. The molecule has 1 fully saturated rings. The van der Waals surface area contributed by atoms with E-state index in [0.717, 1.165) is 18.8 Å². The standard InChI is InChI=1S/C15H23N3O2/c1-11-5-7-16-13(9-11)17-12-6-8-18(10-12)14(19)20-15(2,3)4/h5,7,9,12H,6,8,10H2,1-4H3,(H,16,17). The highest BCUT2D eigenvalue weighted by molar-refractivity contribution is 5.68. The fourth-order valence-corrected chi connectivity index (χ4v) is 2.19. The van der Waals surface area contributed by atoms with Crippen molar-refractivity contribution in [2.45, 2.75) is 45.8 Å². The molecule has 0 aromatic carbocycles. The Morgan fingerprint density at radius 1 is 1.50 bits per heavy atom. The van der Waals surface area contributed by atoms with E-state index >= 15 is 0 Å². The Morgan fingerprint density at radius 2 is 2.25 bits per heavy atom. The number of likely N-dealkylation sites (tertiary alicyclic amines) is 1. The Bertz CT molecular complexity index is 482. The van der Waals surface area contributed by atoms with E-state index in [4.69, 9.17) is 4.74 Å². The van der Waals surface area contributed by atoms with Crippen LogP contribution in [0.25, 0.3) is 0 Å². The lowest BCUT2D eigenvalue weighted by atomic mass is 10.2. The van der Waals surface area contributed by atoms with Gasteiger partial charge in [-0.15, -0.1) is 0 Å². The molecule has 1 aliphatic rings. The molecular weight excluding hydrogens is 254 g/mol.